The number of anilines is 2. The molecule has 1 fully saturated rings. The number of rotatable bonds is 6. The van der Waals surface area contributed by atoms with Crippen LogP contribution in [0.5, 0.6) is 0 Å². The number of nitrogens with one attached hydrogen (secondary N) is 1. The number of nitrogen functional groups attached to an aromatic ring is 1. The third-order valence-corrected chi connectivity index (χ3v) is 6.79. The van der Waals surface area contributed by atoms with Crippen molar-refractivity contribution in [2.24, 2.45) is 0 Å². The molecule has 1 aliphatic heterocycles. The first-order chi connectivity index (χ1) is 18.8. The molecule has 1 saturated heterocycles. The largest absolute Gasteiger partial charge is 0.490 e. The summed E-state index contributed by atoms with van der Waals surface area (Å²) in [6, 6.07) is 7.61. The summed E-state index contributed by atoms with van der Waals surface area (Å²) in [5.41, 5.74) is 7.46. The smallest absolute Gasteiger partial charge is 0.475 e. The van der Waals surface area contributed by atoms with Gasteiger partial charge in [0.05, 0.1) is 17.0 Å². The van der Waals surface area contributed by atoms with Crippen LogP contribution in [0.1, 0.15) is 12.0 Å². The number of amides is 3. The predicted molar refractivity (Wildman–Crippen MR) is 139 cm³/mol. The zero-order valence-corrected chi connectivity index (χ0v) is 22.2. The average molecular weight is 603 g/mol. The molecule has 3 aromatic rings. The van der Waals surface area contributed by atoms with E-state index in [-0.39, 0.29) is 12.5 Å². The normalized spacial score (nSPS) is 14.9. The fourth-order valence-electron chi connectivity index (χ4n) is 3.70. The lowest BCUT2D eigenvalue weighted by Crippen LogP contribution is -2.50. The van der Waals surface area contributed by atoms with E-state index in [4.69, 9.17) is 27.2 Å². The Morgan fingerprint density at radius 1 is 1.27 bits per heavy atom. The molecule has 0 bridgehead atoms. The van der Waals surface area contributed by atoms with Gasteiger partial charge >= 0.3 is 24.1 Å². The van der Waals surface area contributed by atoms with Crippen molar-refractivity contribution in [2.45, 2.75) is 25.2 Å². The number of urea groups is 1. The Bertz CT molecular complexity index is 1420. The Morgan fingerprint density at radius 3 is 2.58 bits per heavy atom. The Kier molecular flexibility index (Phi) is 9.70. The minimum Gasteiger partial charge on any atom is -0.475 e. The fourth-order valence-corrected chi connectivity index (χ4v) is 4.78. The van der Waals surface area contributed by atoms with Gasteiger partial charge in [0.1, 0.15) is 29.7 Å². The number of esters is 1. The molecule has 3 amide bonds. The van der Waals surface area contributed by atoms with Gasteiger partial charge in [-0.1, -0.05) is 17.7 Å². The minimum absolute atomic E-state index is 0.199. The average Bonchev–Trinajstić information content (AvgIpc) is 3.48. The number of carbonyl (C=O) groups excluding carboxylic acids is 3. The highest BCUT2D eigenvalue weighted by Crippen LogP contribution is 2.34. The number of carbonyl (C=O) groups is 4. The number of carboxylic acid groups (broad SMARTS) is 1. The summed E-state index contributed by atoms with van der Waals surface area (Å²) < 4.78 is 36.8. The molecule has 4 N–H and O–H groups in total. The highest BCUT2D eigenvalue weighted by molar-refractivity contribution is 7.20. The van der Waals surface area contributed by atoms with E-state index < -0.39 is 30.2 Å². The van der Waals surface area contributed by atoms with E-state index in [0.717, 1.165) is 10.9 Å². The molecule has 1 aromatic carbocycles. The van der Waals surface area contributed by atoms with E-state index in [1.807, 2.05) is 18.2 Å². The van der Waals surface area contributed by atoms with Crippen LogP contribution in [0.4, 0.5) is 28.8 Å². The van der Waals surface area contributed by atoms with Crippen LogP contribution in [0.3, 0.4) is 0 Å². The molecule has 1 aliphatic rings. The Hall–Kier alpha value is -4.18. The standard InChI is InChI=1S/C21H21ClN6O4S.C2HF3O2/c1-32-18(29)9-24-21(31)28(17-5-4-16(22)33-17)15-6-7-27(20(15)30)10-12-2-3-13-14(8-12)25-11-26-19(13)23;3-2(4,5)1(6)7/h2-5,8,11,15H,6-7,9-10H2,1H3,(H,24,31)(H2,23,25,26);(H,6,7)/t15-;/m0./s1. The molecule has 12 nitrogen and oxygen atoms in total. The lowest BCUT2D eigenvalue weighted by molar-refractivity contribution is -0.192. The highest BCUT2D eigenvalue weighted by atomic mass is 35.5. The quantitative estimate of drug-likeness (QED) is 0.359. The van der Waals surface area contributed by atoms with Crippen LogP contribution >= 0.6 is 22.9 Å². The maximum atomic E-state index is 13.3. The van der Waals surface area contributed by atoms with E-state index in [1.54, 1.807) is 17.0 Å². The second kappa shape index (κ2) is 12.8. The van der Waals surface area contributed by atoms with Crippen molar-refractivity contribution in [1.82, 2.24) is 20.2 Å². The molecule has 40 heavy (non-hydrogen) atoms. The first-order valence-corrected chi connectivity index (χ1v) is 12.5. The molecule has 17 heteroatoms. The zero-order valence-electron chi connectivity index (χ0n) is 20.6. The van der Waals surface area contributed by atoms with Crippen LogP contribution in [0.25, 0.3) is 10.9 Å². The lowest BCUT2D eigenvalue weighted by atomic mass is 10.1. The van der Waals surface area contributed by atoms with Gasteiger partial charge in [-0.25, -0.2) is 19.6 Å². The van der Waals surface area contributed by atoms with Gasteiger partial charge in [0.25, 0.3) is 0 Å². The van der Waals surface area contributed by atoms with Crippen LogP contribution in [-0.4, -0.2) is 76.3 Å². The molecule has 0 unspecified atom stereocenters. The summed E-state index contributed by atoms with van der Waals surface area (Å²) in [5.74, 6) is -3.15. The number of alkyl halides is 3. The molecule has 2 aromatic heterocycles. The molecule has 214 valence electrons. The summed E-state index contributed by atoms with van der Waals surface area (Å²) >= 11 is 7.25. The second-order valence-corrected chi connectivity index (χ2v) is 9.85. The van der Waals surface area contributed by atoms with E-state index in [0.29, 0.717) is 40.2 Å². The fraction of sp³-hybridized carbons (Fsp3) is 0.304. The second-order valence-electron chi connectivity index (χ2n) is 8.16. The molecule has 3 heterocycles. The molecule has 4 rings (SSSR count). The first kappa shape index (κ1) is 30.4. The van der Waals surface area contributed by atoms with Gasteiger partial charge in [-0.15, -0.1) is 11.3 Å². The number of methoxy groups -OCH3 is 1. The number of likely N-dealkylation sites (tertiary alicyclic amines) is 1. The number of hydrogen-bond donors (Lipinski definition) is 3. The third-order valence-electron chi connectivity index (χ3n) is 5.56. The predicted octanol–water partition coefficient (Wildman–Crippen LogP) is 3.05. The van der Waals surface area contributed by atoms with Gasteiger partial charge in [-0.05, 0) is 36.2 Å². The summed E-state index contributed by atoms with van der Waals surface area (Å²) in [7, 11) is 1.23. The molecular weight excluding hydrogens is 581 g/mol. The molecule has 1 atom stereocenters. The van der Waals surface area contributed by atoms with Crippen molar-refractivity contribution in [2.75, 3.05) is 30.8 Å². The molecule has 0 radical (unpaired) electrons. The number of nitrogens with two attached hydrogens (primary N) is 1. The highest BCUT2D eigenvalue weighted by Gasteiger charge is 2.40. The number of hydrogen-bond acceptors (Lipinski definition) is 9. The molecular formula is C23H22ClF3N6O6S. The van der Waals surface area contributed by atoms with Gasteiger partial charge in [0.2, 0.25) is 5.91 Å². The molecule has 0 spiro atoms. The third kappa shape index (κ3) is 7.47. The van der Waals surface area contributed by atoms with Crippen LogP contribution < -0.4 is 16.0 Å². The van der Waals surface area contributed by atoms with E-state index >= 15 is 0 Å². The lowest BCUT2D eigenvalue weighted by Gasteiger charge is -2.27. The Morgan fingerprint density at radius 2 is 1.98 bits per heavy atom. The molecule has 0 saturated carbocycles. The summed E-state index contributed by atoms with van der Waals surface area (Å²) in [6.45, 7) is 0.517. The van der Waals surface area contributed by atoms with Gasteiger partial charge < -0.3 is 25.8 Å². The SMILES string of the molecule is COC(=O)CNC(=O)N(c1ccc(Cl)s1)[C@H]1CCN(Cc2ccc3c(N)ncnc3c2)C1=O.O=C(O)C(F)(F)F. The summed E-state index contributed by atoms with van der Waals surface area (Å²) in [4.78, 5) is 57.8. The number of aromatic nitrogens is 2. The van der Waals surface area contributed by atoms with E-state index in [1.165, 1.54) is 29.7 Å². The van der Waals surface area contributed by atoms with Crippen molar-refractivity contribution in [3.8, 4) is 0 Å². The van der Waals surface area contributed by atoms with Crippen molar-refractivity contribution in [3.05, 3.63) is 46.6 Å². The number of carboxylic acids is 1. The van der Waals surface area contributed by atoms with Crippen molar-refractivity contribution in [1.29, 1.82) is 0 Å². The van der Waals surface area contributed by atoms with Crippen LogP contribution in [0.2, 0.25) is 4.34 Å². The number of ether oxygens (including phenoxy) is 1. The van der Waals surface area contributed by atoms with E-state index in [2.05, 4.69) is 20.0 Å². The maximum Gasteiger partial charge on any atom is 0.490 e. The number of aliphatic carboxylic acids is 1. The Balaban J connectivity index is 0.000000559. The first-order valence-electron chi connectivity index (χ1n) is 11.3. The van der Waals surface area contributed by atoms with Crippen molar-refractivity contribution < 1.29 is 42.2 Å². The van der Waals surface area contributed by atoms with Gasteiger partial charge in [0, 0.05) is 18.5 Å². The minimum atomic E-state index is -5.08. The van der Waals surface area contributed by atoms with Gasteiger partial charge in [-0.2, -0.15) is 13.2 Å². The van der Waals surface area contributed by atoms with Crippen LogP contribution in [0.15, 0.2) is 36.7 Å². The topological polar surface area (TPSA) is 168 Å². The maximum absolute atomic E-state index is 13.3. The zero-order chi connectivity index (χ0) is 29.6. The number of nitrogens with zero attached hydrogens (tertiary/aromatic N) is 4. The van der Waals surface area contributed by atoms with Crippen LogP contribution in [-0.2, 0) is 25.7 Å². The van der Waals surface area contributed by atoms with Crippen molar-refractivity contribution in [3.63, 3.8) is 0 Å². The Labute approximate surface area is 233 Å². The number of benzene rings is 1. The monoisotopic (exact) mass is 602 g/mol. The van der Waals surface area contributed by atoms with Crippen molar-refractivity contribution >= 4 is 68.5 Å². The number of halogens is 4. The summed E-state index contributed by atoms with van der Waals surface area (Å²) in [5, 5.41) is 10.9. The number of thiophene rings is 1. The molecule has 0 aliphatic carbocycles. The summed E-state index contributed by atoms with van der Waals surface area (Å²) in [6.07, 6.45) is -3.25. The van der Waals surface area contributed by atoms with E-state index in [9.17, 15) is 27.6 Å². The van der Waals surface area contributed by atoms with Gasteiger partial charge in [0.15, 0.2) is 0 Å². The van der Waals surface area contributed by atoms with Crippen LogP contribution in [0, 0.1) is 0 Å². The number of fused-ring (bicyclic) bond motifs is 1. The van der Waals surface area contributed by atoms with Gasteiger partial charge in [-0.3, -0.25) is 14.5 Å².